The zero-order valence-electron chi connectivity index (χ0n) is 15.1. The van der Waals surface area contributed by atoms with Crippen molar-refractivity contribution in [2.75, 3.05) is 50.0 Å². The number of carbonyl (C=O) groups is 3. The average molecular weight is 346 g/mol. The summed E-state index contributed by atoms with van der Waals surface area (Å²) in [5.74, 6) is -0.236. The molecule has 0 spiro atoms. The molecule has 1 aliphatic rings. The molecule has 7 heteroatoms. The van der Waals surface area contributed by atoms with Gasteiger partial charge in [-0.15, -0.1) is 0 Å². The maximum Gasteiger partial charge on any atom is 0.224 e. The molecule has 0 atom stereocenters. The average Bonchev–Trinajstić information content (AvgIpc) is 2.55. The van der Waals surface area contributed by atoms with Crippen molar-refractivity contribution in [3.8, 4) is 0 Å². The van der Waals surface area contributed by atoms with Gasteiger partial charge in [-0.05, 0) is 25.2 Å². The molecule has 0 unspecified atom stereocenters. The lowest BCUT2D eigenvalue weighted by Crippen LogP contribution is -2.47. The van der Waals surface area contributed by atoms with Gasteiger partial charge in [-0.3, -0.25) is 14.4 Å². The van der Waals surface area contributed by atoms with Crippen LogP contribution >= 0.6 is 0 Å². The van der Waals surface area contributed by atoms with Gasteiger partial charge in [0.05, 0.1) is 0 Å². The van der Waals surface area contributed by atoms with Crippen molar-refractivity contribution >= 4 is 29.1 Å². The van der Waals surface area contributed by atoms with Crippen molar-refractivity contribution in [1.82, 2.24) is 9.80 Å². The molecule has 0 saturated carbocycles. The highest BCUT2D eigenvalue weighted by Gasteiger charge is 2.21. The Morgan fingerprint density at radius 3 is 2.40 bits per heavy atom. The van der Waals surface area contributed by atoms with Crippen LogP contribution in [0.25, 0.3) is 0 Å². The van der Waals surface area contributed by atoms with Crippen LogP contribution < -0.4 is 10.2 Å². The molecule has 1 fully saturated rings. The number of carbonyl (C=O) groups excluding carboxylic acids is 3. The molecule has 1 heterocycles. The summed E-state index contributed by atoms with van der Waals surface area (Å²) >= 11 is 0. The van der Waals surface area contributed by atoms with E-state index in [1.807, 2.05) is 11.9 Å². The molecule has 1 aromatic rings. The number of benzene rings is 1. The van der Waals surface area contributed by atoms with E-state index in [2.05, 4.69) is 10.2 Å². The van der Waals surface area contributed by atoms with Gasteiger partial charge in [0.15, 0.2) is 0 Å². The summed E-state index contributed by atoms with van der Waals surface area (Å²) in [7, 11) is 2.04. The van der Waals surface area contributed by atoms with Crippen LogP contribution in [-0.4, -0.2) is 67.3 Å². The molecule has 1 aliphatic heterocycles. The molecule has 0 radical (unpaired) electrons. The first-order valence-electron chi connectivity index (χ1n) is 8.49. The smallest absolute Gasteiger partial charge is 0.224 e. The first-order valence-corrected chi connectivity index (χ1v) is 8.49. The summed E-state index contributed by atoms with van der Waals surface area (Å²) < 4.78 is 0. The lowest BCUT2D eigenvalue weighted by Gasteiger charge is -2.33. The Morgan fingerprint density at radius 1 is 1.12 bits per heavy atom. The molecule has 1 aromatic carbocycles. The number of rotatable bonds is 5. The molecule has 1 saturated heterocycles. The predicted octanol–water partition coefficient (Wildman–Crippen LogP) is 1.16. The maximum atomic E-state index is 12.4. The second kappa shape index (κ2) is 8.62. The van der Waals surface area contributed by atoms with Gasteiger partial charge >= 0.3 is 0 Å². The number of anilines is 2. The second-order valence-corrected chi connectivity index (χ2v) is 6.34. The Balaban J connectivity index is 2.00. The van der Waals surface area contributed by atoms with Crippen molar-refractivity contribution in [3.63, 3.8) is 0 Å². The Morgan fingerprint density at radius 2 is 1.80 bits per heavy atom. The standard InChI is InChI=1S/C18H26N4O3/c1-14(23)19-16-5-4-6-17(13-16)22(15(2)24)8-7-18(25)21-11-9-20(3)10-12-21/h4-6,13H,7-12H2,1-3H3,(H,19,23). The van der Waals surface area contributed by atoms with E-state index in [1.54, 1.807) is 29.2 Å². The normalized spacial score (nSPS) is 14.9. The summed E-state index contributed by atoms with van der Waals surface area (Å²) in [5, 5.41) is 2.70. The van der Waals surface area contributed by atoms with E-state index in [4.69, 9.17) is 0 Å². The Labute approximate surface area is 148 Å². The van der Waals surface area contributed by atoms with Crippen LogP contribution in [0.4, 0.5) is 11.4 Å². The van der Waals surface area contributed by atoms with E-state index in [0.29, 0.717) is 17.9 Å². The number of hydrogen-bond donors (Lipinski definition) is 1. The Hall–Kier alpha value is -2.41. The minimum Gasteiger partial charge on any atom is -0.340 e. The third-order valence-electron chi connectivity index (χ3n) is 4.26. The number of piperazine rings is 1. The van der Waals surface area contributed by atoms with Crippen LogP contribution in [0.1, 0.15) is 20.3 Å². The van der Waals surface area contributed by atoms with E-state index in [-0.39, 0.29) is 24.1 Å². The summed E-state index contributed by atoms with van der Waals surface area (Å²) in [6, 6.07) is 7.08. The van der Waals surface area contributed by atoms with Gasteiger partial charge in [0, 0.05) is 64.4 Å². The fraction of sp³-hybridized carbons (Fsp3) is 0.500. The maximum absolute atomic E-state index is 12.4. The van der Waals surface area contributed by atoms with Crippen LogP contribution in [0.15, 0.2) is 24.3 Å². The monoisotopic (exact) mass is 346 g/mol. The highest BCUT2D eigenvalue weighted by Crippen LogP contribution is 2.20. The van der Waals surface area contributed by atoms with Crippen LogP contribution in [0.3, 0.4) is 0 Å². The Bertz CT molecular complexity index is 639. The molecule has 0 aliphatic carbocycles. The van der Waals surface area contributed by atoms with E-state index in [1.165, 1.54) is 13.8 Å². The van der Waals surface area contributed by atoms with Gasteiger partial charge in [-0.25, -0.2) is 0 Å². The first-order chi connectivity index (χ1) is 11.9. The number of hydrogen-bond acceptors (Lipinski definition) is 4. The van der Waals surface area contributed by atoms with Crippen molar-refractivity contribution < 1.29 is 14.4 Å². The minimum atomic E-state index is -0.170. The van der Waals surface area contributed by atoms with E-state index < -0.39 is 0 Å². The number of nitrogens with zero attached hydrogens (tertiary/aromatic N) is 3. The van der Waals surface area contributed by atoms with Gasteiger partial charge in [-0.1, -0.05) is 6.07 Å². The highest BCUT2D eigenvalue weighted by molar-refractivity contribution is 5.94. The van der Waals surface area contributed by atoms with Gasteiger partial charge in [0.2, 0.25) is 17.7 Å². The molecular formula is C18H26N4O3. The molecule has 136 valence electrons. The van der Waals surface area contributed by atoms with Gasteiger partial charge in [0.25, 0.3) is 0 Å². The summed E-state index contributed by atoms with van der Waals surface area (Å²) in [5.41, 5.74) is 1.30. The van der Waals surface area contributed by atoms with E-state index >= 15 is 0 Å². The van der Waals surface area contributed by atoms with E-state index in [9.17, 15) is 14.4 Å². The van der Waals surface area contributed by atoms with Crippen LogP contribution in [0.5, 0.6) is 0 Å². The van der Waals surface area contributed by atoms with Gasteiger partial charge in [-0.2, -0.15) is 0 Å². The molecule has 0 aromatic heterocycles. The largest absolute Gasteiger partial charge is 0.340 e. The molecule has 7 nitrogen and oxygen atoms in total. The minimum absolute atomic E-state index is 0.0670. The Kier molecular flexibility index (Phi) is 6.52. The fourth-order valence-electron chi connectivity index (χ4n) is 2.84. The quantitative estimate of drug-likeness (QED) is 0.868. The SMILES string of the molecule is CC(=O)Nc1cccc(N(CCC(=O)N2CCN(C)CC2)C(C)=O)c1. The van der Waals surface area contributed by atoms with Crippen LogP contribution in [0, 0.1) is 0 Å². The van der Waals surface area contributed by atoms with Crippen LogP contribution in [0.2, 0.25) is 0 Å². The number of likely N-dealkylation sites (N-methyl/N-ethyl adjacent to an activating group) is 1. The molecular weight excluding hydrogens is 320 g/mol. The summed E-state index contributed by atoms with van der Waals surface area (Å²) in [6.45, 7) is 6.45. The lowest BCUT2D eigenvalue weighted by molar-refractivity contribution is -0.132. The topological polar surface area (TPSA) is 73.0 Å². The zero-order valence-corrected chi connectivity index (χ0v) is 15.1. The van der Waals surface area contributed by atoms with Gasteiger partial charge in [0.1, 0.15) is 0 Å². The third-order valence-corrected chi connectivity index (χ3v) is 4.26. The lowest BCUT2D eigenvalue weighted by atomic mass is 10.2. The summed E-state index contributed by atoms with van der Waals surface area (Å²) in [4.78, 5) is 41.2. The summed E-state index contributed by atoms with van der Waals surface area (Å²) in [6.07, 6.45) is 0.285. The molecule has 25 heavy (non-hydrogen) atoms. The zero-order chi connectivity index (χ0) is 18.4. The van der Waals surface area contributed by atoms with E-state index in [0.717, 1.165) is 26.2 Å². The third kappa shape index (κ3) is 5.56. The molecule has 0 bridgehead atoms. The predicted molar refractivity (Wildman–Crippen MR) is 97.5 cm³/mol. The van der Waals surface area contributed by atoms with Crippen LogP contribution in [-0.2, 0) is 14.4 Å². The van der Waals surface area contributed by atoms with Crippen molar-refractivity contribution in [3.05, 3.63) is 24.3 Å². The van der Waals surface area contributed by atoms with Gasteiger partial charge < -0.3 is 20.0 Å². The molecule has 2 rings (SSSR count). The van der Waals surface area contributed by atoms with Crippen molar-refractivity contribution in [2.45, 2.75) is 20.3 Å². The second-order valence-electron chi connectivity index (χ2n) is 6.34. The number of amides is 3. The fourth-order valence-corrected chi connectivity index (χ4v) is 2.84. The first kappa shape index (κ1) is 18.9. The molecule has 3 amide bonds. The van der Waals surface area contributed by atoms with Crippen molar-refractivity contribution in [1.29, 1.82) is 0 Å². The molecule has 1 N–H and O–H groups in total. The van der Waals surface area contributed by atoms with Crippen molar-refractivity contribution in [2.24, 2.45) is 0 Å². The number of nitrogens with one attached hydrogen (secondary N) is 1. The highest BCUT2D eigenvalue weighted by atomic mass is 16.2.